The van der Waals surface area contributed by atoms with Crippen molar-refractivity contribution >= 4 is 8.32 Å². The van der Waals surface area contributed by atoms with Gasteiger partial charge in [0.2, 0.25) is 0 Å². The Labute approximate surface area is 204 Å². The lowest BCUT2D eigenvalue weighted by molar-refractivity contribution is -0.361. The maximum Gasteiger partial charge on any atom is 0.192 e. The summed E-state index contributed by atoms with van der Waals surface area (Å²) in [6.45, 7) is 12.0. The van der Waals surface area contributed by atoms with E-state index in [1.165, 1.54) is 0 Å². The third kappa shape index (κ3) is 5.62. The minimum Gasteiger partial charge on any atom is -0.408 e. The molecule has 186 valence electrons. The highest BCUT2D eigenvalue weighted by Gasteiger charge is 2.54. The Morgan fingerprint density at radius 3 is 2.18 bits per heavy atom. The summed E-state index contributed by atoms with van der Waals surface area (Å²) in [5.74, 6) is 0. The molecule has 7 heteroatoms. The summed E-state index contributed by atoms with van der Waals surface area (Å²) in [7, 11) is -0.531. The third-order valence-electron chi connectivity index (χ3n) is 7.11. The first kappa shape index (κ1) is 25.5. The normalized spacial score (nSPS) is 30.1. The molecule has 2 aromatic carbocycles. The Morgan fingerprint density at radius 1 is 0.912 bits per heavy atom. The molecule has 1 unspecified atom stereocenters. The molecule has 0 N–H and O–H groups in total. The Bertz CT molecular complexity index is 894. The van der Waals surface area contributed by atoms with Crippen molar-refractivity contribution in [2.24, 2.45) is 0 Å². The fraction of sp³-hybridized carbons (Fsp3) is 0.556. The molecule has 2 heterocycles. The van der Waals surface area contributed by atoms with Gasteiger partial charge in [0.15, 0.2) is 20.9 Å². The van der Waals surface area contributed by atoms with Crippen LogP contribution in [0.2, 0.25) is 18.1 Å². The van der Waals surface area contributed by atoms with E-state index in [2.05, 4.69) is 33.9 Å². The average Bonchev–Trinajstić information content (AvgIpc) is 2.83. The van der Waals surface area contributed by atoms with Crippen LogP contribution in [0.1, 0.15) is 38.2 Å². The van der Waals surface area contributed by atoms with Gasteiger partial charge in [-0.2, -0.15) is 0 Å². The van der Waals surface area contributed by atoms with E-state index in [0.29, 0.717) is 13.2 Å². The number of benzene rings is 2. The Kier molecular flexibility index (Phi) is 7.94. The second kappa shape index (κ2) is 10.6. The van der Waals surface area contributed by atoms with Crippen LogP contribution in [0.4, 0.5) is 0 Å². The molecule has 2 saturated heterocycles. The minimum absolute atomic E-state index is 0.0251. The largest absolute Gasteiger partial charge is 0.408 e. The summed E-state index contributed by atoms with van der Waals surface area (Å²) in [5.41, 5.74) is 2.06. The van der Waals surface area contributed by atoms with Gasteiger partial charge in [0.1, 0.15) is 24.4 Å². The Morgan fingerprint density at radius 2 is 1.56 bits per heavy atom. The average molecular weight is 487 g/mol. The fourth-order valence-electron chi connectivity index (χ4n) is 4.11. The number of methoxy groups -OCH3 is 1. The van der Waals surface area contributed by atoms with Gasteiger partial charge < -0.3 is 28.1 Å². The van der Waals surface area contributed by atoms with Crippen LogP contribution in [0.3, 0.4) is 0 Å². The van der Waals surface area contributed by atoms with Crippen molar-refractivity contribution < 1.29 is 28.1 Å². The second-order valence-electron chi connectivity index (χ2n) is 10.6. The maximum atomic E-state index is 7.00. The van der Waals surface area contributed by atoms with Crippen LogP contribution in [-0.2, 0) is 34.7 Å². The molecule has 2 aliphatic heterocycles. The van der Waals surface area contributed by atoms with Crippen molar-refractivity contribution in [2.45, 2.75) is 82.5 Å². The number of hydrogen-bond acceptors (Lipinski definition) is 6. The van der Waals surface area contributed by atoms with Gasteiger partial charge in [0.25, 0.3) is 0 Å². The van der Waals surface area contributed by atoms with Crippen molar-refractivity contribution in [1.29, 1.82) is 0 Å². The Hall–Kier alpha value is -1.58. The number of ether oxygens (including phenoxy) is 5. The second-order valence-corrected chi connectivity index (χ2v) is 15.3. The zero-order chi connectivity index (χ0) is 24.3. The van der Waals surface area contributed by atoms with E-state index in [1.54, 1.807) is 7.11 Å². The van der Waals surface area contributed by atoms with Crippen molar-refractivity contribution in [3.05, 3.63) is 71.8 Å². The van der Waals surface area contributed by atoms with Gasteiger partial charge in [-0.1, -0.05) is 81.4 Å². The van der Waals surface area contributed by atoms with Crippen LogP contribution in [-0.4, -0.2) is 52.7 Å². The number of fused-ring (bicyclic) bond motifs is 1. The first-order valence-electron chi connectivity index (χ1n) is 12.0. The van der Waals surface area contributed by atoms with Gasteiger partial charge in [-0.3, -0.25) is 0 Å². The molecule has 0 amide bonds. The molecule has 2 aliphatic rings. The summed E-state index contributed by atoms with van der Waals surface area (Å²) < 4.78 is 38.1. The van der Waals surface area contributed by atoms with E-state index in [0.717, 1.165) is 11.1 Å². The quantitative estimate of drug-likeness (QED) is 0.485. The molecular weight excluding hydrogens is 448 g/mol. The smallest absolute Gasteiger partial charge is 0.192 e. The van der Waals surface area contributed by atoms with Gasteiger partial charge >= 0.3 is 0 Å². The van der Waals surface area contributed by atoms with E-state index in [-0.39, 0.29) is 23.4 Å². The van der Waals surface area contributed by atoms with Crippen LogP contribution < -0.4 is 0 Å². The molecule has 0 aliphatic carbocycles. The fourth-order valence-corrected chi connectivity index (χ4v) is 5.41. The van der Waals surface area contributed by atoms with E-state index >= 15 is 0 Å². The van der Waals surface area contributed by atoms with Crippen molar-refractivity contribution in [3.63, 3.8) is 0 Å². The molecule has 2 aromatic rings. The van der Waals surface area contributed by atoms with Crippen LogP contribution in [0, 0.1) is 0 Å². The highest BCUT2D eigenvalue weighted by molar-refractivity contribution is 6.74. The lowest BCUT2D eigenvalue weighted by Gasteiger charge is -2.51. The van der Waals surface area contributed by atoms with E-state index in [4.69, 9.17) is 28.1 Å². The van der Waals surface area contributed by atoms with Crippen molar-refractivity contribution in [1.82, 2.24) is 0 Å². The third-order valence-corrected chi connectivity index (χ3v) is 11.6. The molecule has 0 spiro atoms. The van der Waals surface area contributed by atoms with Gasteiger partial charge in [0, 0.05) is 12.7 Å². The maximum absolute atomic E-state index is 7.00. The van der Waals surface area contributed by atoms with Crippen LogP contribution in [0.15, 0.2) is 60.7 Å². The predicted octanol–water partition coefficient (Wildman–Crippen LogP) is 5.45. The summed E-state index contributed by atoms with van der Waals surface area (Å²) in [6.07, 6.45) is -2.53. The van der Waals surface area contributed by atoms with Gasteiger partial charge in [-0.25, -0.2) is 0 Å². The molecule has 0 bridgehead atoms. The highest BCUT2D eigenvalue weighted by atomic mass is 28.4. The molecule has 0 saturated carbocycles. The van der Waals surface area contributed by atoms with Gasteiger partial charge in [-0.15, -0.1) is 0 Å². The van der Waals surface area contributed by atoms with Gasteiger partial charge in [0.05, 0.1) is 13.2 Å². The molecule has 6 nitrogen and oxygen atoms in total. The van der Waals surface area contributed by atoms with Crippen LogP contribution >= 0.6 is 0 Å². The van der Waals surface area contributed by atoms with Crippen LogP contribution in [0.5, 0.6) is 0 Å². The molecule has 0 aromatic heterocycles. The van der Waals surface area contributed by atoms with Gasteiger partial charge in [-0.05, 0) is 23.7 Å². The monoisotopic (exact) mass is 486 g/mol. The topological polar surface area (TPSA) is 55.4 Å². The first-order chi connectivity index (χ1) is 16.2. The van der Waals surface area contributed by atoms with E-state index in [9.17, 15) is 0 Å². The summed E-state index contributed by atoms with van der Waals surface area (Å²) in [6, 6.07) is 20.1. The SMILES string of the molecule is CO[C@@H]1O[C@@H]2COC(c3ccccc3)O[C@H]2[C@H](O[Si](C)(C)C(C)(C)C)[C@H]1OCc1ccccc1. The Balaban J connectivity index is 1.63. The standard InChI is InChI=1S/C27H38O6Si/c1-27(2,3)34(5,6)33-23-22-21(18-30-25(32-22)20-15-11-8-12-16-20)31-26(28-4)24(23)29-17-19-13-9-7-10-14-19/h7-16,21-26H,17-18H2,1-6H3/t21-,22-,23+,24-,25?,26-/m1/s1. The molecular formula is C27H38O6Si. The zero-order valence-corrected chi connectivity index (χ0v) is 22.1. The lowest BCUT2D eigenvalue weighted by atomic mass is 9.97. The van der Waals surface area contributed by atoms with Crippen molar-refractivity contribution in [2.75, 3.05) is 13.7 Å². The number of hydrogen-bond donors (Lipinski definition) is 0. The molecule has 2 fully saturated rings. The molecule has 0 radical (unpaired) electrons. The lowest BCUT2D eigenvalue weighted by Crippen LogP contribution is -2.65. The predicted molar refractivity (Wildman–Crippen MR) is 133 cm³/mol. The number of rotatable bonds is 7. The molecule has 34 heavy (non-hydrogen) atoms. The summed E-state index contributed by atoms with van der Waals surface area (Å²) in [5, 5.41) is 0.0251. The summed E-state index contributed by atoms with van der Waals surface area (Å²) in [4.78, 5) is 0. The van der Waals surface area contributed by atoms with Crippen molar-refractivity contribution in [3.8, 4) is 0 Å². The van der Waals surface area contributed by atoms with Crippen LogP contribution in [0.25, 0.3) is 0 Å². The molecule has 4 rings (SSSR count). The highest BCUT2D eigenvalue weighted by Crippen LogP contribution is 2.42. The summed E-state index contributed by atoms with van der Waals surface area (Å²) >= 11 is 0. The van der Waals surface area contributed by atoms with E-state index < -0.39 is 27.0 Å². The minimum atomic E-state index is -2.17. The molecule has 6 atom stereocenters. The first-order valence-corrected chi connectivity index (χ1v) is 14.9. The van der Waals surface area contributed by atoms with E-state index in [1.807, 2.05) is 60.7 Å². The zero-order valence-electron chi connectivity index (χ0n) is 21.1.